The van der Waals surface area contributed by atoms with Crippen molar-refractivity contribution >= 4 is 44.0 Å². The molecule has 10 heteroatoms. The number of para-hydroxylation sites is 1. The van der Waals surface area contributed by atoms with Gasteiger partial charge in [0.05, 0.1) is 29.6 Å². The van der Waals surface area contributed by atoms with Crippen LogP contribution in [0.15, 0.2) is 47.4 Å². The number of nitrogens with one attached hydrogen (secondary N) is 1. The zero-order chi connectivity index (χ0) is 23.3. The zero-order valence-electron chi connectivity index (χ0n) is 18.7. The monoisotopic (exact) mass is 467 g/mol. The normalized spacial score (nSPS) is 16.5. The lowest BCUT2D eigenvalue weighted by molar-refractivity contribution is 0.0999. The molecule has 0 radical (unpaired) electrons. The zero-order valence-corrected chi connectivity index (χ0v) is 19.5. The van der Waals surface area contributed by atoms with E-state index < -0.39 is 10.0 Å². The van der Waals surface area contributed by atoms with Gasteiger partial charge in [0.15, 0.2) is 0 Å². The van der Waals surface area contributed by atoms with Crippen LogP contribution in [-0.4, -0.2) is 71.6 Å². The predicted octanol–water partition coefficient (Wildman–Crippen LogP) is 2.39. The highest BCUT2D eigenvalue weighted by molar-refractivity contribution is 7.92. The fourth-order valence-electron chi connectivity index (χ4n) is 4.37. The third-order valence-corrected chi connectivity index (χ3v) is 7.66. The molecule has 1 aromatic heterocycles. The average molecular weight is 468 g/mol. The van der Waals surface area contributed by atoms with Crippen LogP contribution in [0, 0.1) is 0 Å². The summed E-state index contributed by atoms with van der Waals surface area (Å²) in [5.41, 5.74) is 2.02. The number of benzene rings is 2. The summed E-state index contributed by atoms with van der Waals surface area (Å²) in [4.78, 5) is 23.8. The van der Waals surface area contributed by atoms with Gasteiger partial charge in [-0.3, -0.25) is 9.52 Å². The van der Waals surface area contributed by atoms with E-state index in [9.17, 15) is 13.2 Å². The maximum absolute atomic E-state index is 13.2. The van der Waals surface area contributed by atoms with Gasteiger partial charge >= 0.3 is 0 Å². The van der Waals surface area contributed by atoms with Crippen molar-refractivity contribution < 1.29 is 17.9 Å². The van der Waals surface area contributed by atoms with E-state index in [1.165, 1.54) is 13.2 Å². The predicted molar refractivity (Wildman–Crippen MR) is 128 cm³/mol. The smallest absolute Gasteiger partial charge is 0.265 e. The first-order valence-corrected chi connectivity index (χ1v) is 12.1. The van der Waals surface area contributed by atoms with Gasteiger partial charge in [-0.2, -0.15) is 0 Å². The molecule has 0 unspecified atom stereocenters. The van der Waals surface area contributed by atoms with Crippen molar-refractivity contribution in [2.24, 2.45) is 0 Å². The highest BCUT2D eigenvalue weighted by Crippen LogP contribution is 2.41. The number of hydrogen-bond donors (Lipinski definition) is 1. The van der Waals surface area contributed by atoms with Gasteiger partial charge in [0.1, 0.15) is 16.5 Å². The second-order valence-electron chi connectivity index (χ2n) is 8.29. The standard InChI is InChI=1S/C23H25N5O4S/c1-26-10-12-28(13-11-26)20-14-15-21-17(27(2)23(15)29)9-8-16(22(21)24-20)25-33(30,31)19-7-5-4-6-18(19)32-3/h4-9,14,25H,10-13H2,1-3H3. The molecule has 3 heterocycles. The van der Waals surface area contributed by atoms with Gasteiger partial charge in [0, 0.05) is 38.6 Å². The lowest BCUT2D eigenvalue weighted by Crippen LogP contribution is -2.44. The number of carbonyl (C=O) groups excluding carboxylic acids is 1. The van der Waals surface area contributed by atoms with E-state index in [0.717, 1.165) is 26.2 Å². The molecule has 0 saturated carbocycles. The van der Waals surface area contributed by atoms with Crippen molar-refractivity contribution in [3.63, 3.8) is 0 Å². The van der Waals surface area contributed by atoms with Crippen molar-refractivity contribution in [2.75, 3.05) is 61.9 Å². The van der Waals surface area contributed by atoms with Crippen molar-refractivity contribution in [3.8, 4) is 5.75 Å². The minimum Gasteiger partial charge on any atom is -0.495 e. The van der Waals surface area contributed by atoms with Crippen LogP contribution in [0.4, 0.5) is 17.2 Å². The van der Waals surface area contributed by atoms with Gasteiger partial charge in [-0.25, -0.2) is 13.4 Å². The summed E-state index contributed by atoms with van der Waals surface area (Å²) in [6.45, 7) is 3.33. The molecule has 33 heavy (non-hydrogen) atoms. The number of rotatable bonds is 5. The lowest BCUT2D eigenvalue weighted by Gasteiger charge is -2.33. The molecular weight excluding hydrogens is 442 g/mol. The van der Waals surface area contributed by atoms with Crippen LogP contribution >= 0.6 is 0 Å². The Morgan fingerprint density at radius 1 is 1.03 bits per heavy atom. The summed E-state index contributed by atoms with van der Waals surface area (Å²) in [5.74, 6) is 0.790. The van der Waals surface area contributed by atoms with E-state index >= 15 is 0 Å². The Kier molecular flexibility index (Phi) is 5.13. The van der Waals surface area contributed by atoms with Crippen molar-refractivity contribution in [3.05, 3.63) is 48.0 Å². The van der Waals surface area contributed by atoms with Gasteiger partial charge in [0.25, 0.3) is 15.9 Å². The number of methoxy groups -OCH3 is 1. The number of hydrogen-bond acceptors (Lipinski definition) is 7. The highest BCUT2D eigenvalue weighted by atomic mass is 32.2. The van der Waals surface area contributed by atoms with Crippen LogP contribution in [-0.2, 0) is 10.0 Å². The number of piperazine rings is 1. The van der Waals surface area contributed by atoms with Crippen molar-refractivity contribution in [2.45, 2.75) is 4.90 Å². The third kappa shape index (κ3) is 3.55. The van der Waals surface area contributed by atoms with E-state index in [1.807, 2.05) is 6.07 Å². The number of carbonyl (C=O) groups is 1. The molecule has 9 nitrogen and oxygen atoms in total. The maximum Gasteiger partial charge on any atom is 0.265 e. The molecule has 0 bridgehead atoms. The van der Waals surface area contributed by atoms with Gasteiger partial charge in [-0.15, -0.1) is 0 Å². The van der Waals surface area contributed by atoms with E-state index in [1.54, 1.807) is 42.3 Å². The largest absolute Gasteiger partial charge is 0.495 e. The SMILES string of the molecule is COc1ccccc1S(=O)(=O)Nc1ccc2c3c(cc(N4CCN(C)CC4)nc13)C(=O)N2C. The molecule has 0 atom stereocenters. The molecule has 1 fully saturated rings. The highest BCUT2D eigenvalue weighted by Gasteiger charge is 2.32. The Bertz CT molecular complexity index is 1370. The first-order valence-electron chi connectivity index (χ1n) is 10.7. The molecule has 2 aliphatic rings. The molecule has 172 valence electrons. The Balaban J connectivity index is 1.64. The summed E-state index contributed by atoms with van der Waals surface area (Å²) >= 11 is 0. The molecule has 0 spiro atoms. The van der Waals surface area contributed by atoms with Gasteiger partial charge in [-0.1, -0.05) is 12.1 Å². The lowest BCUT2D eigenvalue weighted by atomic mass is 10.1. The first kappa shape index (κ1) is 21.5. The Morgan fingerprint density at radius 2 is 1.76 bits per heavy atom. The van der Waals surface area contributed by atoms with E-state index in [4.69, 9.17) is 9.72 Å². The summed E-state index contributed by atoms with van der Waals surface area (Å²) in [6.07, 6.45) is 0. The minimum atomic E-state index is -3.96. The number of ether oxygens (including phenoxy) is 1. The van der Waals surface area contributed by atoms with Crippen LogP contribution < -0.4 is 19.3 Å². The fourth-order valence-corrected chi connectivity index (χ4v) is 5.61. The topological polar surface area (TPSA) is 95.1 Å². The second kappa shape index (κ2) is 7.89. The van der Waals surface area contributed by atoms with E-state index in [2.05, 4.69) is 21.6 Å². The maximum atomic E-state index is 13.2. The molecule has 1 saturated heterocycles. The van der Waals surface area contributed by atoms with Crippen LogP contribution in [0.1, 0.15) is 10.4 Å². The Hall–Kier alpha value is -3.37. The average Bonchev–Trinajstić information content (AvgIpc) is 3.06. The third-order valence-electron chi connectivity index (χ3n) is 6.25. The summed E-state index contributed by atoms with van der Waals surface area (Å²) in [5, 5.41) is 0.653. The first-order chi connectivity index (χ1) is 15.8. The number of nitrogens with zero attached hydrogens (tertiary/aromatic N) is 4. The molecule has 3 aromatic rings. The van der Waals surface area contributed by atoms with Crippen LogP contribution in [0.2, 0.25) is 0 Å². The second-order valence-corrected chi connectivity index (χ2v) is 9.95. The van der Waals surface area contributed by atoms with Crippen LogP contribution in [0.25, 0.3) is 10.9 Å². The van der Waals surface area contributed by atoms with E-state index in [-0.39, 0.29) is 16.6 Å². The minimum absolute atomic E-state index is 0.0308. The van der Waals surface area contributed by atoms with E-state index in [0.29, 0.717) is 33.7 Å². The quantitative estimate of drug-likeness (QED) is 0.616. The Morgan fingerprint density at radius 3 is 2.48 bits per heavy atom. The summed E-state index contributed by atoms with van der Waals surface area (Å²) in [7, 11) is 1.25. The van der Waals surface area contributed by atoms with Gasteiger partial charge in [-0.05, 0) is 37.4 Å². The van der Waals surface area contributed by atoms with Crippen molar-refractivity contribution in [1.82, 2.24) is 9.88 Å². The molecule has 1 N–H and O–H groups in total. The number of likely N-dealkylation sites (N-methyl/N-ethyl adjacent to an activating group) is 1. The number of pyridine rings is 1. The molecular formula is C23H25N5O4S. The molecule has 2 aliphatic heterocycles. The molecule has 2 aromatic carbocycles. The van der Waals surface area contributed by atoms with Gasteiger partial charge < -0.3 is 19.4 Å². The molecule has 0 aliphatic carbocycles. The Labute approximate surface area is 192 Å². The number of anilines is 3. The number of amides is 1. The van der Waals surface area contributed by atoms with Crippen LogP contribution in [0.3, 0.4) is 0 Å². The molecule has 1 amide bonds. The number of aromatic nitrogens is 1. The molecule has 5 rings (SSSR count). The summed E-state index contributed by atoms with van der Waals surface area (Å²) in [6, 6.07) is 11.7. The number of sulfonamides is 1. The van der Waals surface area contributed by atoms with Crippen molar-refractivity contribution in [1.29, 1.82) is 0 Å². The fraction of sp³-hybridized carbons (Fsp3) is 0.304. The summed E-state index contributed by atoms with van der Waals surface area (Å²) < 4.78 is 34.4. The van der Waals surface area contributed by atoms with Crippen LogP contribution in [0.5, 0.6) is 5.75 Å². The van der Waals surface area contributed by atoms with Gasteiger partial charge in [0.2, 0.25) is 0 Å².